The molecule has 2 amide bonds. The van der Waals surface area contributed by atoms with Crippen LogP contribution in [0.25, 0.3) is 0 Å². The zero-order valence-corrected chi connectivity index (χ0v) is 15.0. The lowest BCUT2D eigenvalue weighted by molar-refractivity contribution is 0.163. The van der Waals surface area contributed by atoms with Gasteiger partial charge in [-0.25, -0.2) is 14.5 Å². The number of rotatable bonds is 4. The normalized spacial score (nSPS) is 16.9. The Morgan fingerprint density at radius 2 is 2.15 bits per heavy atom. The van der Waals surface area contributed by atoms with Crippen LogP contribution in [0, 0.1) is 0 Å². The maximum atomic E-state index is 12.9. The molecule has 1 N–H and O–H groups in total. The Balaban J connectivity index is 1.47. The van der Waals surface area contributed by atoms with Crippen LogP contribution >= 0.6 is 0 Å². The number of nitrogens with zero attached hydrogens (tertiary/aromatic N) is 5. The van der Waals surface area contributed by atoms with Crippen molar-refractivity contribution in [1.82, 2.24) is 24.6 Å². The van der Waals surface area contributed by atoms with E-state index in [0.29, 0.717) is 6.54 Å². The predicted octanol–water partition coefficient (Wildman–Crippen LogP) is 3.48. The van der Waals surface area contributed by atoms with Gasteiger partial charge < -0.3 is 10.2 Å². The minimum absolute atomic E-state index is 0.0681. The lowest BCUT2D eigenvalue weighted by Gasteiger charge is -2.35. The summed E-state index contributed by atoms with van der Waals surface area (Å²) in [6.45, 7) is 1.37. The first-order valence-corrected chi connectivity index (χ1v) is 9.18. The number of anilines is 1. The standard InChI is InChI=1S/C20H22N6O/c27-20(26-10-2-1-8-19(26)17-6-4-9-21-12-17)24-18-7-3-5-16(11-18)13-25-15-22-14-23-25/h3-7,9,11-12,14-15,19H,1-2,8,10,13H2,(H,24,27)/t19-/m0/s1. The Labute approximate surface area is 158 Å². The summed E-state index contributed by atoms with van der Waals surface area (Å²) in [6.07, 6.45) is 9.92. The van der Waals surface area contributed by atoms with E-state index in [2.05, 4.69) is 20.4 Å². The van der Waals surface area contributed by atoms with Crippen molar-refractivity contribution in [2.75, 3.05) is 11.9 Å². The minimum atomic E-state index is -0.0681. The molecule has 1 aliphatic heterocycles. The lowest BCUT2D eigenvalue weighted by Crippen LogP contribution is -2.41. The molecule has 0 spiro atoms. The van der Waals surface area contributed by atoms with E-state index in [1.165, 1.54) is 6.33 Å². The highest BCUT2D eigenvalue weighted by Gasteiger charge is 2.28. The van der Waals surface area contributed by atoms with Crippen LogP contribution in [-0.4, -0.2) is 37.2 Å². The molecule has 7 nitrogen and oxygen atoms in total. The van der Waals surface area contributed by atoms with Gasteiger partial charge in [0.1, 0.15) is 12.7 Å². The van der Waals surface area contributed by atoms with Crippen LogP contribution in [0.2, 0.25) is 0 Å². The van der Waals surface area contributed by atoms with Gasteiger partial charge in [-0.3, -0.25) is 4.98 Å². The van der Waals surface area contributed by atoms with Crippen LogP contribution in [-0.2, 0) is 6.54 Å². The SMILES string of the molecule is O=C(Nc1cccc(Cn2cncn2)c1)N1CCCC[C@H]1c1cccnc1. The number of benzene rings is 1. The zero-order chi connectivity index (χ0) is 18.5. The molecule has 1 aliphatic rings. The van der Waals surface area contributed by atoms with E-state index >= 15 is 0 Å². The number of piperidine rings is 1. The molecular weight excluding hydrogens is 340 g/mol. The average molecular weight is 362 g/mol. The topological polar surface area (TPSA) is 75.9 Å². The van der Waals surface area contributed by atoms with Crippen molar-refractivity contribution in [3.8, 4) is 0 Å². The second kappa shape index (κ2) is 7.99. The molecule has 1 fully saturated rings. The van der Waals surface area contributed by atoms with E-state index in [1.54, 1.807) is 17.2 Å². The van der Waals surface area contributed by atoms with E-state index in [-0.39, 0.29) is 12.1 Å². The molecule has 4 rings (SSSR count). The van der Waals surface area contributed by atoms with Crippen LogP contribution in [0.15, 0.2) is 61.4 Å². The molecule has 7 heteroatoms. The highest BCUT2D eigenvalue weighted by molar-refractivity contribution is 5.89. The number of carbonyl (C=O) groups is 1. The Morgan fingerprint density at radius 1 is 1.19 bits per heavy atom. The van der Waals surface area contributed by atoms with E-state index in [0.717, 1.165) is 42.6 Å². The van der Waals surface area contributed by atoms with Gasteiger partial charge in [0, 0.05) is 24.6 Å². The van der Waals surface area contributed by atoms with Gasteiger partial charge >= 0.3 is 6.03 Å². The molecule has 0 bridgehead atoms. The summed E-state index contributed by atoms with van der Waals surface area (Å²) in [7, 11) is 0. The molecule has 138 valence electrons. The number of nitrogens with one attached hydrogen (secondary N) is 1. The molecule has 2 aromatic heterocycles. The number of carbonyl (C=O) groups excluding carboxylic acids is 1. The number of urea groups is 1. The summed E-state index contributed by atoms with van der Waals surface area (Å²) in [5.74, 6) is 0. The summed E-state index contributed by atoms with van der Waals surface area (Å²) in [5, 5.41) is 7.18. The Bertz CT molecular complexity index is 881. The van der Waals surface area contributed by atoms with E-state index in [9.17, 15) is 4.79 Å². The van der Waals surface area contributed by atoms with Gasteiger partial charge in [0.2, 0.25) is 0 Å². The van der Waals surface area contributed by atoms with Crippen molar-refractivity contribution in [1.29, 1.82) is 0 Å². The predicted molar refractivity (Wildman–Crippen MR) is 102 cm³/mol. The number of likely N-dealkylation sites (tertiary alicyclic amines) is 1. The van der Waals surface area contributed by atoms with Crippen molar-refractivity contribution >= 4 is 11.7 Å². The second-order valence-electron chi connectivity index (χ2n) is 6.71. The third-order valence-corrected chi connectivity index (χ3v) is 4.82. The molecule has 27 heavy (non-hydrogen) atoms. The van der Waals surface area contributed by atoms with Crippen molar-refractivity contribution in [2.24, 2.45) is 0 Å². The molecule has 1 saturated heterocycles. The highest BCUT2D eigenvalue weighted by atomic mass is 16.2. The molecule has 0 aliphatic carbocycles. The Morgan fingerprint density at radius 3 is 2.96 bits per heavy atom. The van der Waals surface area contributed by atoms with Crippen LogP contribution in [0.3, 0.4) is 0 Å². The second-order valence-corrected chi connectivity index (χ2v) is 6.71. The number of hydrogen-bond donors (Lipinski definition) is 1. The van der Waals surface area contributed by atoms with Crippen molar-refractivity contribution < 1.29 is 4.79 Å². The first-order valence-electron chi connectivity index (χ1n) is 9.18. The summed E-state index contributed by atoms with van der Waals surface area (Å²) >= 11 is 0. The number of hydrogen-bond acceptors (Lipinski definition) is 4. The van der Waals surface area contributed by atoms with Gasteiger partial charge in [0.25, 0.3) is 0 Å². The maximum Gasteiger partial charge on any atom is 0.322 e. The number of pyridine rings is 1. The molecule has 3 heterocycles. The molecule has 1 aromatic carbocycles. The Hall–Kier alpha value is -3.22. The zero-order valence-electron chi connectivity index (χ0n) is 15.0. The fourth-order valence-corrected chi connectivity index (χ4v) is 3.54. The maximum absolute atomic E-state index is 12.9. The highest BCUT2D eigenvalue weighted by Crippen LogP contribution is 2.31. The molecular formula is C20H22N6O. The van der Waals surface area contributed by atoms with Crippen LogP contribution < -0.4 is 5.32 Å². The molecule has 0 unspecified atom stereocenters. The third-order valence-electron chi connectivity index (χ3n) is 4.82. The summed E-state index contributed by atoms with van der Waals surface area (Å²) in [5.41, 5.74) is 2.93. The first-order chi connectivity index (χ1) is 13.3. The first kappa shape index (κ1) is 17.2. The monoisotopic (exact) mass is 362 g/mol. The van der Waals surface area contributed by atoms with Gasteiger partial charge in [-0.05, 0) is 48.6 Å². The van der Waals surface area contributed by atoms with Gasteiger partial charge in [-0.2, -0.15) is 5.10 Å². The lowest BCUT2D eigenvalue weighted by atomic mass is 9.97. The fourth-order valence-electron chi connectivity index (χ4n) is 3.54. The molecule has 0 saturated carbocycles. The number of amides is 2. The summed E-state index contributed by atoms with van der Waals surface area (Å²) in [6, 6.07) is 11.8. The quantitative estimate of drug-likeness (QED) is 0.771. The van der Waals surface area contributed by atoms with Crippen LogP contribution in [0.4, 0.5) is 10.5 Å². The summed E-state index contributed by atoms with van der Waals surface area (Å²) in [4.78, 5) is 23.0. The molecule has 1 atom stereocenters. The van der Waals surface area contributed by atoms with E-state index in [4.69, 9.17) is 0 Å². The van der Waals surface area contributed by atoms with E-state index < -0.39 is 0 Å². The molecule has 0 radical (unpaired) electrons. The Kier molecular flexibility index (Phi) is 5.09. The third kappa shape index (κ3) is 4.13. The number of aromatic nitrogens is 4. The van der Waals surface area contributed by atoms with Gasteiger partial charge in [-0.1, -0.05) is 18.2 Å². The van der Waals surface area contributed by atoms with Crippen molar-refractivity contribution in [2.45, 2.75) is 31.8 Å². The smallest absolute Gasteiger partial charge is 0.317 e. The minimum Gasteiger partial charge on any atom is -0.317 e. The fraction of sp³-hybridized carbons (Fsp3) is 0.300. The van der Waals surface area contributed by atoms with Crippen LogP contribution in [0.5, 0.6) is 0 Å². The summed E-state index contributed by atoms with van der Waals surface area (Å²) < 4.78 is 1.75. The van der Waals surface area contributed by atoms with E-state index in [1.807, 2.05) is 47.5 Å². The van der Waals surface area contributed by atoms with Gasteiger partial charge in [0.05, 0.1) is 12.6 Å². The average Bonchev–Trinajstić information content (AvgIpc) is 3.22. The van der Waals surface area contributed by atoms with Gasteiger partial charge in [0.15, 0.2) is 0 Å². The van der Waals surface area contributed by atoms with Crippen molar-refractivity contribution in [3.05, 3.63) is 72.6 Å². The van der Waals surface area contributed by atoms with Crippen molar-refractivity contribution in [3.63, 3.8) is 0 Å². The largest absolute Gasteiger partial charge is 0.322 e. The van der Waals surface area contributed by atoms with Crippen LogP contribution in [0.1, 0.15) is 36.4 Å². The van der Waals surface area contributed by atoms with Gasteiger partial charge in [-0.15, -0.1) is 0 Å². The molecule has 3 aromatic rings.